The van der Waals surface area contributed by atoms with Gasteiger partial charge in [-0.2, -0.15) is 0 Å². The predicted molar refractivity (Wildman–Crippen MR) is 130 cm³/mol. The summed E-state index contributed by atoms with van der Waals surface area (Å²) in [7, 11) is 1.37. The Balaban J connectivity index is 1.37. The van der Waals surface area contributed by atoms with Gasteiger partial charge < -0.3 is 19.9 Å². The van der Waals surface area contributed by atoms with Crippen LogP contribution in [0.2, 0.25) is 5.02 Å². The molecule has 1 aliphatic rings. The van der Waals surface area contributed by atoms with E-state index in [-0.39, 0.29) is 0 Å². The molecule has 2 aromatic carbocycles. The summed E-state index contributed by atoms with van der Waals surface area (Å²) in [6.45, 7) is 3.16. The van der Waals surface area contributed by atoms with Crippen molar-refractivity contribution in [2.45, 2.75) is 0 Å². The van der Waals surface area contributed by atoms with Crippen molar-refractivity contribution in [3.63, 3.8) is 0 Å². The summed E-state index contributed by atoms with van der Waals surface area (Å²) in [5.41, 5.74) is 3.12. The molecule has 1 N–H and O–H groups in total. The highest BCUT2D eigenvalue weighted by Crippen LogP contribution is 2.29. The molecule has 2 heterocycles. The van der Waals surface area contributed by atoms with Crippen molar-refractivity contribution in [3.05, 3.63) is 64.5 Å². The fourth-order valence-corrected chi connectivity index (χ4v) is 4.64. The van der Waals surface area contributed by atoms with E-state index in [1.54, 1.807) is 23.5 Å². The van der Waals surface area contributed by atoms with Crippen LogP contribution in [0.3, 0.4) is 0 Å². The summed E-state index contributed by atoms with van der Waals surface area (Å²) in [6, 6.07) is 14.9. The van der Waals surface area contributed by atoms with Gasteiger partial charge in [0.2, 0.25) is 0 Å². The molecule has 31 heavy (non-hydrogen) atoms. The van der Waals surface area contributed by atoms with Crippen molar-refractivity contribution in [3.8, 4) is 11.3 Å². The molecule has 1 saturated heterocycles. The largest absolute Gasteiger partial charge is 0.465 e. The van der Waals surface area contributed by atoms with E-state index in [1.165, 1.54) is 7.11 Å². The number of anilines is 2. The fraction of sp³-hybridized carbons (Fsp3) is 0.227. The van der Waals surface area contributed by atoms with E-state index in [9.17, 15) is 4.79 Å². The maximum absolute atomic E-state index is 12.0. The summed E-state index contributed by atoms with van der Waals surface area (Å²) in [6.07, 6.45) is 0. The molecule has 0 spiro atoms. The Kier molecular flexibility index (Phi) is 6.70. The van der Waals surface area contributed by atoms with Crippen LogP contribution in [0, 0.1) is 0 Å². The minimum Gasteiger partial charge on any atom is -0.465 e. The van der Waals surface area contributed by atoms with Gasteiger partial charge in [-0.15, -0.1) is 11.3 Å². The fourth-order valence-electron chi connectivity index (χ4n) is 3.34. The average Bonchev–Trinajstić information content (AvgIpc) is 3.30. The minimum absolute atomic E-state index is 0.393. The summed E-state index contributed by atoms with van der Waals surface area (Å²) >= 11 is 13.2. The van der Waals surface area contributed by atoms with Crippen LogP contribution in [0.5, 0.6) is 0 Å². The lowest BCUT2D eigenvalue weighted by Gasteiger charge is -2.36. The van der Waals surface area contributed by atoms with E-state index in [1.807, 2.05) is 36.4 Å². The smallest absolute Gasteiger partial charge is 0.339 e. The van der Waals surface area contributed by atoms with Crippen molar-refractivity contribution < 1.29 is 9.53 Å². The second-order valence-corrected chi connectivity index (χ2v) is 8.62. The van der Waals surface area contributed by atoms with Gasteiger partial charge in [-0.05, 0) is 36.5 Å². The Hall–Kier alpha value is -2.68. The van der Waals surface area contributed by atoms with Gasteiger partial charge >= 0.3 is 5.97 Å². The minimum atomic E-state index is -0.393. The molecule has 1 aromatic heterocycles. The highest BCUT2D eigenvalue weighted by Gasteiger charge is 2.22. The topological polar surface area (TPSA) is 57.7 Å². The summed E-state index contributed by atoms with van der Waals surface area (Å²) in [5.74, 6) is -0.393. The van der Waals surface area contributed by atoms with E-state index in [0.717, 1.165) is 42.6 Å². The molecule has 9 heteroatoms. The highest BCUT2D eigenvalue weighted by atomic mass is 35.5. The molecule has 0 bridgehead atoms. The van der Waals surface area contributed by atoms with Crippen molar-refractivity contribution in [2.75, 3.05) is 43.5 Å². The van der Waals surface area contributed by atoms with Crippen molar-refractivity contribution in [2.24, 2.45) is 0 Å². The first-order valence-electron chi connectivity index (χ1n) is 9.75. The van der Waals surface area contributed by atoms with Gasteiger partial charge in [-0.25, -0.2) is 9.78 Å². The predicted octanol–water partition coefficient (Wildman–Crippen LogP) is 4.77. The van der Waals surface area contributed by atoms with E-state index < -0.39 is 5.97 Å². The van der Waals surface area contributed by atoms with Crippen LogP contribution in [0.4, 0.5) is 10.8 Å². The van der Waals surface area contributed by atoms with Gasteiger partial charge in [0.1, 0.15) is 0 Å². The lowest BCUT2D eigenvalue weighted by Crippen LogP contribution is -2.50. The van der Waals surface area contributed by atoms with E-state index in [2.05, 4.69) is 20.5 Å². The molecule has 0 atom stereocenters. The Bertz CT molecular complexity index is 1080. The molecular weight excluding hydrogens is 452 g/mol. The molecule has 1 fully saturated rings. The normalized spacial score (nSPS) is 13.7. The molecule has 160 valence electrons. The van der Waals surface area contributed by atoms with Gasteiger partial charge in [0.15, 0.2) is 10.2 Å². The van der Waals surface area contributed by atoms with Crippen molar-refractivity contribution >= 4 is 57.1 Å². The lowest BCUT2D eigenvalue weighted by atomic mass is 10.2. The third kappa shape index (κ3) is 4.98. The second kappa shape index (κ2) is 9.64. The first-order valence-corrected chi connectivity index (χ1v) is 11.4. The number of para-hydroxylation sites is 1. The molecule has 0 aliphatic carbocycles. The number of carbonyl (C=O) groups excluding carboxylic acids is 1. The van der Waals surface area contributed by atoms with Crippen LogP contribution < -0.4 is 10.2 Å². The molecule has 6 nitrogen and oxygen atoms in total. The number of hydrogen-bond acceptors (Lipinski definition) is 6. The number of nitrogens with zero attached hydrogens (tertiary/aromatic N) is 3. The molecule has 0 saturated carbocycles. The SMILES string of the molecule is COC(=O)c1ccccc1NC(=S)N1CCN(c2nc(-c3ccc(Cl)cc3)cs2)CC1. The zero-order valence-corrected chi connectivity index (χ0v) is 19.3. The highest BCUT2D eigenvalue weighted by molar-refractivity contribution is 7.80. The zero-order valence-electron chi connectivity index (χ0n) is 16.9. The standard InChI is InChI=1S/C22H21ClN4O2S2/c1-29-20(28)17-4-2-3-5-18(17)24-21(30)26-10-12-27(13-11-26)22-25-19(14-31-22)15-6-8-16(23)9-7-15/h2-9,14H,10-13H2,1H3,(H,24,30). The first kappa shape index (κ1) is 21.5. The number of hydrogen-bond donors (Lipinski definition) is 1. The lowest BCUT2D eigenvalue weighted by molar-refractivity contribution is 0.0602. The van der Waals surface area contributed by atoms with Crippen molar-refractivity contribution in [1.29, 1.82) is 0 Å². The van der Waals surface area contributed by atoms with Crippen molar-refractivity contribution in [1.82, 2.24) is 9.88 Å². The Morgan fingerprint density at radius 1 is 1.13 bits per heavy atom. The van der Waals surface area contributed by atoms with Crippen LogP contribution in [0.15, 0.2) is 53.9 Å². The molecule has 1 aliphatic heterocycles. The summed E-state index contributed by atoms with van der Waals surface area (Å²) < 4.78 is 4.85. The van der Waals surface area contributed by atoms with E-state index in [4.69, 9.17) is 33.5 Å². The second-order valence-electron chi connectivity index (χ2n) is 6.96. The number of nitrogens with one attached hydrogen (secondary N) is 1. The molecule has 3 aromatic rings. The van der Waals surface area contributed by atoms with Crippen LogP contribution in [-0.4, -0.2) is 54.3 Å². The quantitative estimate of drug-likeness (QED) is 0.433. The Morgan fingerprint density at radius 3 is 2.55 bits per heavy atom. The van der Waals surface area contributed by atoms with E-state index in [0.29, 0.717) is 21.4 Å². The molecule has 0 unspecified atom stereocenters. The molecule has 0 amide bonds. The maximum Gasteiger partial charge on any atom is 0.339 e. The Labute approximate surface area is 195 Å². The average molecular weight is 473 g/mol. The molecule has 0 radical (unpaired) electrons. The molecule has 4 rings (SSSR count). The number of carbonyl (C=O) groups is 1. The summed E-state index contributed by atoms with van der Waals surface area (Å²) in [4.78, 5) is 21.1. The van der Waals surface area contributed by atoms with Gasteiger partial charge in [0, 0.05) is 42.1 Å². The van der Waals surface area contributed by atoms with Crippen LogP contribution in [0.1, 0.15) is 10.4 Å². The first-order chi connectivity index (χ1) is 15.0. The third-order valence-electron chi connectivity index (χ3n) is 5.04. The number of benzene rings is 2. The number of thiazole rings is 1. The number of methoxy groups -OCH3 is 1. The van der Waals surface area contributed by atoms with E-state index >= 15 is 0 Å². The zero-order chi connectivity index (χ0) is 21.8. The monoisotopic (exact) mass is 472 g/mol. The van der Waals surface area contributed by atoms with Gasteiger partial charge in [0.25, 0.3) is 0 Å². The van der Waals surface area contributed by atoms with Crippen LogP contribution in [0.25, 0.3) is 11.3 Å². The number of halogens is 1. The van der Waals surface area contributed by atoms with Crippen LogP contribution >= 0.6 is 35.2 Å². The number of rotatable bonds is 4. The van der Waals surface area contributed by atoms with Gasteiger partial charge in [-0.1, -0.05) is 35.9 Å². The maximum atomic E-state index is 12.0. The molecular formula is C22H21ClN4O2S2. The third-order valence-corrected chi connectivity index (χ3v) is 6.56. The summed E-state index contributed by atoms with van der Waals surface area (Å²) in [5, 5.41) is 7.58. The van der Waals surface area contributed by atoms with Crippen LogP contribution in [-0.2, 0) is 4.74 Å². The number of esters is 1. The number of ether oxygens (including phenoxy) is 1. The number of aromatic nitrogens is 1. The number of piperazine rings is 1. The number of thiocarbonyl (C=S) groups is 1. The van der Waals surface area contributed by atoms with Gasteiger partial charge in [-0.3, -0.25) is 0 Å². The Morgan fingerprint density at radius 2 is 1.84 bits per heavy atom. The van der Waals surface area contributed by atoms with Gasteiger partial charge in [0.05, 0.1) is 24.1 Å².